The van der Waals surface area contributed by atoms with E-state index in [2.05, 4.69) is 17.2 Å². The summed E-state index contributed by atoms with van der Waals surface area (Å²) in [5.74, 6) is -1.13. The highest BCUT2D eigenvalue weighted by atomic mass is 16.5. The number of ether oxygens (including phenoxy) is 1. The van der Waals surface area contributed by atoms with Gasteiger partial charge in [0.25, 0.3) is 5.91 Å². The zero-order valence-electron chi connectivity index (χ0n) is 17.9. The normalized spacial score (nSPS) is 22.8. The number of amides is 4. The zero-order valence-corrected chi connectivity index (χ0v) is 17.9. The molecule has 0 unspecified atom stereocenters. The molecule has 1 aromatic rings. The van der Waals surface area contributed by atoms with Gasteiger partial charge in [0.05, 0.1) is 13.2 Å². The van der Waals surface area contributed by atoms with E-state index < -0.39 is 30.1 Å². The molecule has 3 atom stereocenters. The Morgan fingerprint density at radius 1 is 1.23 bits per heavy atom. The van der Waals surface area contributed by atoms with Gasteiger partial charge in [-0.15, -0.1) is 6.58 Å². The van der Waals surface area contributed by atoms with Crippen molar-refractivity contribution in [3.8, 4) is 0 Å². The summed E-state index contributed by atoms with van der Waals surface area (Å²) in [6.45, 7) is 4.55. The predicted octanol–water partition coefficient (Wildman–Crippen LogP) is 0.257. The van der Waals surface area contributed by atoms with Gasteiger partial charge in [-0.3, -0.25) is 9.59 Å². The van der Waals surface area contributed by atoms with Gasteiger partial charge in [-0.05, 0) is 31.4 Å². The van der Waals surface area contributed by atoms with Gasteiger partial charge < -0.3 is 29.7 Å². The Kier molecular flexibility index (Phi) is 6.98. The van der Waals surface area contributed by atoms with Crippen LogP contribution in [0.3, 0.4) is 0 Å². The Bertz CT molecular complexity index is 866. The van der Waals surface area contributed by atoms with Crippen molar-refractivity contribution in [3.63, 3.8) is 0 Å². The van der Waals surface area contributed by atoms with E-state index >= 15 is 0 Å². The first-order valence-electron chi connectivity index (χ1n) is 10.3. The maximum absolute atomic E-state index is 13.6. The SMILES string of the molecule is C=CCNC(=O)N[C@H]1CCN(C(=O)c2cccn2C)[C@@H]1C(=O)N1CCC[C@@H]1C(=O)OC. The van der Waals surface area contributed by atoms with E-state index in [1.165, 1.54) is 16.9 Å². The van der Waals surface area contributed by atoms with E-state index in [-0.39, 0.29) is 18.4 Å². The van der Waals surface area contributed by atoms with E-state index in [1.807, 2.05) is 0 Å². The molecular weight excluding hydrogens is 402 g/mol. The molecule has 0 radical (unpaired) electrons. The van der Waals surface area contributed by atoms with Crippen molar-refractivity contribution < 1.29 is 23.9 Å². The summed E-state index contributed by atoms with van der Waals surface area (Å²) >= 11 is 0. The van der Waals surface area contributed by atoms with Crippen LogP contribution in [0.1, 0.15) is 29.8 Å². The maximum atomic E-state index is 13.6. The summed E-state index contributed by atoms with van der Waals surface area (Å²) in [7, 11) is 3.05. The quantitative estimate of drug-likeness (QED) is 0.496. The fourth-order valence-corrected chi connectivity index (χ4v) is 4.27. The van der Waals surface area contributed by atoms with E-state index in [9.17, 15) is 19.2 Å². The number of esters is 1. The minimum absolute atomic E-state index is 0.277. The van der Waals surface area contributed by atoms with Crippen molar-refractivity contribution in [2.75, 3.05) is 26.7 Å². The standard InChI is InChI=1S/C21H29N5O5/c1-4-10-22-21(30)23-14-9-13-26(18(27)15-7-5-11-24(15)2)17(14)19(28)25-12-6-8-16(25)20(29)31-3/h4-5,7,11,14,16-17H,1,6,8-10,12-13H2,2-3H3,(H2,22,23,30)/t14-,16+,17-/m0/s1. The van der Waals surface area contributed by atoms with Crippen LogP contribution in [0, 0.1) is 0 Å². The van der Waals surface area contributed by atoms with Gasteiger partial charge in [-0.1, -0.05) is 6.08 Å². The highest BCUT2D eigenvalue weighted by Crippen LogP contribution is 2.27. The average Bonchev–Trinajstić information content (AvgIpc) is 3.50. The summed E-state index contributed by atoms with van der Waals surface area (Å²) in [5.41, 5.74) is 0.445. The molecule has 1 aromatic heterocycles. The third kappa shape index (κ3) is 4.57. The summed E-state index contributed by atoms with van der Waals surface area (Å²) in [6, 6.07) is 0.825. The Balaban J connectivity index is 1.87. The number of hydrogen-bond acceptors (Lipinski definition) is 5. The third-order valence-corrected chi connectivity index (χ3v) is 5.81. The number of nitrogens with zero attached hydrogens (tertiary/aromatic N) is 3. The molecule has 2 aliphatic heterocycles. The summed E-state index contributed by atoms with van der Waals surface area (Å²) in [5, 5.41) is 5.44. The summed E-state index contributed by atoms with van der Waals surface area (Å²) in [4.78, 5) is 54.2. The van der Waals surface area contributed by atoms with Crippen LogP contribution in [0.2, 0.25) is 0 Å². The van der Waals surface area contributed by atoms with Gasteiger partial charge >= 0.3 is 12.0 Å². The molecule has 31 heavy (non-hydrogen) atoms. The van der Waals surface area contributed by atoms with Crippen molar-refractivity contribution in [3.05, 3.63) is 36.7 Å². The topological polar surface area (TPSA) is 113 Å². The minimum Gasteiger partial charge on any atom is -0.467 e. The number of urea groups is 1. The molecule has 0 aromatic carbocycles. The number of likely N-dealkylation sites (tertiary alicyclic amines) is 2. The smallest absolute Gasteiger partial charge is 0.328 e. The molecule has 4 amide bonds. The Morgan fingerprint density at radius 3 is 2.65 bits per heavy atom. The first-order chi connectivity index (χ1) is 14.9. The number of aryl methyl sites for hydroxylation is 1. The number of carbonyl (C=O) groups excluding carboxylic acids is 4. The Morgan fingerprint density at radius 2 is 2.00 bits per heavy atom. The fourth-order valence-electron chi connectivity index (χ4n) is 4.27. The van der Waals surface area contributed by atoms with Crippen molar-refractivity contribution in [1.82, 2.24) is 25.0 Å². The number of aromatic nitrogens is 1. The maximum Gasteiger partial charge on any atom is 0.328 e. The van der Waals surface area contributed by atoms with Gasteiger partial charge in [-0.25, -0.2) is 9.59 Å². The van der Waals surface area contributed by atoms with Crippen LogP contribution in [0.5, 0.6) is 0 Å². The molecule has 168 valence electrons. The molecule has 0 saturated carbocycles. The molecule has 10 heteroatoms. The third-order valence-electron chi connectivity index (χ3n) is 5.81. The molecule has 3 heterocycles. The fraction of sp³-hybridized carbons (Fsp3) is 0.524. The highest BCUT2D eigenvalue weighted by Gasteiger charge is 2.48. The van der Waals surface area contributed by atoms with Gasteiger partial charge in [0.2, 0.25) is 5.91 Å². The lowest BCUT2D eigenvalue weighted by molar-refractivity contribution is -0.152. The zero-order chi connectivity index (χ0) is 22.5. The summed E-state index contributed by atoms with van der Waals surface area (Å²) in [6.07, 6.45) is 4.90. The number of nitrogens with one attached hydrogen (secondary N) is 2. The molecule has 0 aliphatic carbocycles. The molecule has 3 rings (SSSR count). The van der Waals surface area contributed by atoms with Crippen molar-refractivity contribution in [1.29, 1.82) is 0 Å². The Labute approximate surface area is 181 Å². The first kappa shape index (κ1) is 22.4. The van der Waals surface area contributed by atoms with Crippen LogP contribution in [0.4, 0.5) is 4.79 Å². The molecular formula is C21H29N5O5. The molecule has 2 fully saturated rings. The highest BCUT2D eigenvalue weighted by molar-refractivity contribution is 5.98. The van der Waals surface area contributed by atoms with Crippen LogP contribution < -0.4 is 10.6 Å². The number of methoxy groups -OCH3 is 1. The Hall–Kier alpha value is -3.30. The van der Waals surface area contributed by atoms with Crippen molar-refractivity contribution >= 4 is 23.8 Å². The van der Waals surface area contributed by atoms with Gasteiger partial charge in [0, 0.05) is 32.9 Å². The second-order valence-corrected chi connectivity index (χ2v) is 7.70. The molecule has 2 saturated heterocycles. The molecule has 0 bridgehead atoms. The van der Waals surface area contributed by atoms with E-state index in [0.29, 0.717) is 38.0 Å². The number of hydrogen-bond donors (Lipinski definition) is 2. The van der Waals surface area contributed by atoms with E-state index in [0.717, 1.165) is 0 Å². The molecule has 2 aliphatic rings. The minimum atomic E-state index is -0.915. The van der Waals surface area contributed by atoms with Crippen LogP contribution in [0.25, 0.3) is 0 Å². The van der Waals surface area contributed by atoms with Crippen molar-refractivity contribution in [2.45, 2.75) is 37.4 Å². The van der Waals surface area contributed by atoms with Gasteiger partial charge in [0.1, 0.15) is 17.8 Å². The lowest BCUT2D eigenvalue weighted by Crippen LogP contribution is -2.58. The van der Waals surface area contributed by atoms with E-state index in [1.54, 1.807) is 36.0 Å². The predicted molar refractivity (Wildman–Crippen MR) is 112 cm³/mol. The van der Waals surface area contributed by atoms with Gasteiger partial charge in [0.15, 0.2) is 0 Å². The van der Waals surface area contributed by atoms with Crippen molar-refractivity contribution in [2.24, 2.45) is 7.05 Å². The van der Waals surface area contributed by atoms with Crippen LogP contribution in [0.15, 0.2) is 31.0 Å². The van der Waals surface area contributed by atoms with Gasteiger partial charge in [-0.2, -0.15) is 0 Å². The van der Waals surface area contributed by atoms with Crippen LogP contribution >= 0.6 is 0 Å². The van der Waals surface area contributed by atoms with Crippen LogP contribution in [-0.2, 0) is 21.4 Å². The number of rotatable bonds is 6. The van der Waals surface area contributed by atoms with Crippen LogP contribution in [-0.4, -0.2) is 83.1 Å². The average molecular weight is 431 g/mol. The first-order valence-corrected chi connectivity index (χ1v) is 10.3. The lowest BCUT2D eigenvalue weighted by Gasteiger charge is -2.33. The second kappa shape index (κ2) is 9.67. The lowest BCUT2D eigenvalue weighted by atomic mass is 10.1. The second-order valence-electron chi connectivity index (χ2n) is 7.70. The molecule has 10 nitrogen and oxygen atoms in total. The largest absolute Gasteiger partial charge is 0.467 e. The monoisotopic (exact) mass is 431 g/mol. The number of carbonyl (C=O) groups is 4. The summed E-state index contributed by atoms with van der Waals surface area (Å²) < 4.78 is 6.54. The van der Waals surface area contributed by atoms with E-state index in [4.69, 9.17) is 4.74 Å². The molecule has 2 N–H and O–H groups in total. The molecule has 0 spiro atoms.